The van der Waals surface area contributed by atoms with Crippen LogP contribution in [0.1, 0.15) is 27.0 Å². The Balaban J connectivity index is 2.03. The van der Waals surface area contributed by atoms with Gasteiger partial charge in [0.15, 0.2) is 5.78 Å². The molecule has 0 heterocycles. The fraction of sp³-hybridized carbons (Fsp3) is 0.0833. The van der Waals surface area contributed by atoms with Crippen LogP contribution in [0.25, 0.3) is 6.08 Å². The molecule has 0 aliphatic carbocycles. The maximum Gasteiger partial charge on any atom is 0.259 e. The van der Waals surface area contributed by atoms with Crippen molar-refractivity contribution in [1.82, 2.24) is 0 Å². The second kappa shape index (κ2) is 8.76. The Kier molecular flexibility index (Phi) is 6.15. The summed E-state index contributed by atoms with van der Waals surface area (Å²) in [6, 6.07) is 18.6. The standard InChI is InChI=1S/C24H20ClNO3/c1-15-11-16(2)22(21(25)12-15)26-24(29)20(14-17-7-6-10-19(27)13-17)23(28)18-8-4-3-5-9-18/h3-14,27H,1-2H3,(H,26,29)/b20-14+. The second-order valence-corrected chi connectivity index (χ2v) is 7.15. The normalized spacial score (nSPS) is 11.2. The number of phenolic OH excluding ortho intramolecular Hbond substituents is 1. The number of phenols is 1. The van der Waals surface area contributed by atoms with Gasteiger partial charge in [-0.25, -0.2) is 0 Å². The third kappa shape index (κ3) is 4.92. The number of halogens is 1. The Morgan fingerprint density at radius 2 is 1.69 bits per heavy atom. The SMILES string of the molecule is Cc1cc(C)c(NC(=O)/C(=C/c2cccc(O)c2)C(=O)c2ccccc2)c(Cl)c1. The molecule has 0 spiro atoms. The average Bonchev–Trinajstić information content (AvgIpc) is 2.69. The lowest BCUT2D eigenvalue weighted by molar-refractivity contribution is -0.112. The number of carbonyl (C=O) groups is 2. The van der Waals surface area contributed by atoms with Gasteiger partial charge in [-0.05, 0) is 54.8 Å². The molecule has 0 fully saturated rings. The van der Waals surface area contributed by atoms with Crippen molar-refractivity contribution >= 4 is 35.1 Å². The lowest BCUT2D eigenvalue weighted by Gasteiger charge is -2.13. The number of aryl methyl sites for hydroxylation is 2. The Labute approximate surface area is 174 Å². The number of anilines is 1. The topological polar surface area (TPSA) is 66.4 Å². The number of hydrogen-bond acceptors (Lipinski definition) is 3. The van der Waals surface area contributed by atoms with Gasteiger partial charge in [0, 0.05) is 5.56 Å². The van der Waals surface area contributed by atoms with Gasteiger partial charge >= 0.3 is 0 Å². The minimum absolute atomic E-state index is 0.0445. The molecule has 29 heavy (non-hydrogen) atoms. The van der Waals surface area contributed by atoms with Crippen molar-refractivity contribution in [2.24, 2.45) is 0 Å². The number of hydrogen-bond donors (Lipinski definition) is 2. The number of Topliss-reactive ketones (excluding diaryl/α,β-unsaturated/α-hetero) is 1. The number of rotatable bonds is 5. The molecule has 3 aromatic rings. The Bertz CT molecular complexity index is 1080. The van der Waals surface area contributed by atoms with Crippen LogP contribution in [0.4, 0.5) is 5.69 Å². The molecule has 0 saturated carbocycles. The van der Waals surface area contributed by atoms with Crippen molar-refractivity contribution in [3.8, 4) is 5.75 Å². The van der Waals surface area contributed by atoms with E-state index in [0.29, 0.717) is 21.8 Å². The Morgan fingerprint density at radius 3 is 2.34 bits per heavy atom. The lowest BCUT2D eigenvalue weighted by atomic mass is 9.99. The summed E-state index contributed by atoms with van der Waals surface area (Å²) in [5.74, 6) is -0.952. The predicted octanol–water partition coefficient (Wildman–Crippen LogP) is 5.57. The highest BCUT2D eigenvalue weighted by molar-refractivity contribution is 6.36. The smallest absolute Gasteiger partial charge is 0.259 e. The van der Waals surface area contributed by atoms with E-state index >= 15 is 0 Å². The predicted molar refractivity (Wildman–Crippen MR) is 116 cm³/mol. The summed E-state index contributed by atoms with van der Waals surface area (Å²) in [5.41, 5.74) is 3.10. The van der Waals surface area contributed by atoms with Gasteiger partial charge in [-0.1, -0.05) is 60.1 Å². The summed E-state index contributed by atoms with van der Waals surface area (Å²) in [5, 5.41) is 12.9. The zero-order valence-electron chi connectivity index (χ0n) is 16.1. The molecule has 1 amide bonds. The van der Waals surface area contributed by atoms with Crippen LogP contribution in [0.3, 0.4) is 0 Å². The van der Waals surface area contributed by atoms with Gasteiger partial charge < -0.3 is 10.4 Å². The maximum atomic E-state index is 13.1. The van der Waals surface area contributed by atoms with Crippen LogP contribution < -0.4 is 5.32 Å². The quantitative estimate of drug-likeness (QED) is 0.252. The van der Waals surface area contributed by atoms with Crippen LogP contribution in [-0.4, -0.2) is 16.8 Å². The van der Waals surface area contributed by atoms with E-state index in [9.17, 15) is 14.7 Å². The first-order chi connectivity index (χ1) is 13.8. The zero-order chi connectivity index (χ0) is 21.0. The summed E-state index contributed by atoms with van der Waals surface area (Å²) in [4.78, 5) is 26.1. The van der Waals surface area contributed by atoms with Gasteiger partial charge in [0.2, 0.25) is 0 Å². The highest BCUT2D eigenvalue weighted by atomic mass is 35.5. The first-order valence-corrected chi connectivity index (χ1v) is 9.41. The van der Waals surface area contributed by atoms with Crippen molar-refractivity contribution in [3.63, 3.8) is 0 Å². The molecule has 2 N–H and O–H groups in total. The molecule has 146 valence electrons. The fourth-order valence-corrected chi connectivity index (χ4v) is 3.38. The largest absolute Gasteiger partial charge is 0.508 e. The third-order valence-electron chi connectivity index (χ3n) is 4.38. The third-order valence-corrected chi connectivity index (χ3v) is 4.67. The highest BCUT2D eigenvalue weighted by Crippen LogP contribution is 2.28. The lowest BCUT2D eigenvalue weighted by Crippen LogP contribution is -2.21. The first-order valence-electron chi connectivity index (χ1n) is 9.03. The van der Waals surface area contributed by atoms with Crippen molar-refractivity contribution in [3.05, 3.63) is 99.6 Å². The Hall–Kier alpha value is -3.37. The molecular formula is C24H20ClNO3. The van der Waals surface area contributed by atoms with E-state index in [1.807, 2.05) is 19.9 Å². The van der Waals surface area contributed by atoms with Gasteiger partial charge in [0.1, 0.15) is 5.75 Å². The first kappa shape index (κ1) is 20.4. The van der Waals surface area contributed by atoms with E-state index in [1.165, 1.54) is 18.2 Å². The van der Waals surface area contributed by atoms with E-state index in [4.69, 9.17) is 11.6 Å². The number of benzene rings is 3. The summed E-state index contributed by atoms with van der Waals surface area (Å²) < 4.78 is 0. The van der Waals surface area contributed by atoms with Gasteiger partial charge in [0.25, 0.3) is 5.91 Å². The van der Waals surface area contributed by atoms with Gasteiger partial charge in [-0.15, -0.1) is 0 Å². The molecule has 3 rings (SSSR count). The van der Waals surface area contributed by atoms with E-state index in [2.05, 4.69) is 5.32 Å². The van der Waals surface area contributed by atoms with E-state index < -0.39 is 11.7 Å². The van der Waals surface area contributed by atoms with E-state index in [1.54, 1.807) is 48.5 Å². The number of nitrogens with one attached hydrogen (secondary N) is 1. The molecule has 0 radical (unpaired) electrons. The number of carbonyl (C=O) groups excluding carboxylic acids is 2. The highest BCUT2D eigenvalue weighted by Gasteiger charge is 2.21. The van der Waals surface area contributed by atoms with Crippen molar-refractivity contribution in [1.29, 1.82) is 0 Å². The van der Waals surface area contributed by atoms with E-state index in [-0.39, 0.29) is 11.3 Å². The molecule has 0 saturated heterocycles. The summed E-state index contributed by atoms with van der Waals surface area (Å²) >= 11 is 6.31. The summed E-state index contributed by atoms with van der Waals surface area (Å²) in [7, 11) is 0. The molecule has 0 unspecified atom stereocenters. The van der Waals surface area contributed by atoms with Crippen molar-refractivity contribution in [2.45, 2.75) is 13.8 Å². The Morgan fingerprint density at radius 1 is 0.966 bits per heavy atom. The molecule has 0 aliphatic rings. The molecule has 3 aromatic carbocycles. The molecule has 5 heteroatoms. The monoisotopic (exact) mass is 405 g/mol. The maximum absolute atomic E-state index is 13.1. The summed E-state index contributed by atoms with van der Waals surface area (Å²) in [6.45, 7) is 3.75. The fourth-order valence-electron chi connectivity index (χ4n) is 3.02. The second-order valence-electron chi connectivity index (χ2n) is 6.74. The molecular weight excluding hydrogens is 386 g/mol. The molecule has 0 aliphatic heterocycles. The van der Waals surface area contributed by atoms with Crippen LogP contribution in [0.5, 0.6) is 5.75 Å². The van der Waals surface area contributed by atoms with Crippen molar-refractivity contribution in [2.75, 3.05) is 5.32 Å². The molecule has 0 atom stereocenters. The van der Waals surface area contributed by atoms with Crippen LogP contribution in [0.2, 0.25) is 5.02 Å². The van der Waals surface area contributed by atoms with Gasteiger partial charge in [-0.2, -0.15) is 0 Å². The zero-order valence-corrected chi connectivity index (χ0v) is 16.8. The van der Waals surface area contributed by atoms with Gasteiger partial charge in [-0.3, -0.25) is 9.59 Å². The minimum atomic E-state index is -0.573. The van der Waals surface area contributed by atoms with Crippen LogP contribution in [0, 0.1) is 13.8 Å². The molecule has 4 nitrogen and oxygen atoms in total. The van der Waals surface area contributed by atoms with Crippen LogP contribution >= 0.6 is 11.6 Å². The number of amides is 1. The average molecular weight is 406 g/mol. The van der Waals surface area contributed by atoms with E-state index in [0.717, 1.165) is 11.1 Å². The minimum Gasteiger partial charge on any atom is -0.508 e. The van der Waals surface area contributed by atoms with Crippen LogP contribution in [-0.2, 0) is 4.79 Å². The molecule has 0 aromatic heterocycles. The van der Waals surface area contributed by atoms with Crippen molar-refractivity contribution < 1.29 is 14.7 Å². The number of ketones is 1. The van der Waals surface area contributed by atoms with Gasteiger partial charge in [0.05, 0.1) is 16.3 Å². The van der Waals surface area contributed by atoms with Crippen LogP contribution in [0.15, 0.2) is 72.3 Å². The molecule has 0 bridgehead atoms. The number of aromatic hydroxyl groups is 1. The summed E-state index contributed by atoms with van der Waals surface area (Å²) in [6.07, 6.45) is 1.46.